The lowest BCUT2D eigenvalue weighted by atomic mass is 10.0. The summed E-state index contributed by atoms with van der Waals surface area (Å²) in [5.41, 5.74) is 2.81. The molecule has 0 saturated carbocycles. The molecule has 36 heavy (non-hydrogen) atoms. The Morgan fingerprint density at radius 1 is 1.00 bits per heavy atom. The summed E-state index contributed by atoms with van der Waals surface area (Å²) in [4.78, 5) is 16.8. The Morgan fingerprint density at radius 3 is 2.36 bits per heavy atom. The molecule has 1 fully saturated rings. The van der Waals surface area contributed by atoms with E-state index in [1.165, 1.54) is 12.1 Å². The Kier molecular flexibility index (Phi) is 7.32. The molecule has 1 saturated heterocycles. The third-order valence-electron chi connectivity index (χ3n) is 6.24. The number of carbonyl (C=O) groups excluding carboxylic acids is 1. The van der Waals surface area contributed by atoms with Crippen LogP contribution in [-0.4, -0.2) is 46.8 Å². The maximum atomic E-state index is 13.2. The molecule has 0 bridgehead atoms. The fourth-order valence-electron chi connectivity index (χ4n) is 4.42. The number of nitriles is 1. The number of halogens is 2. The Hall–Kier alpha value is -4.22. The third-order valence-corrected chi connectivity index (χ3v) is 6.24. The fraction of sp³-hybridized carbons (Fsp3) is 0.185. The molecular weight excluding hydrogens is 479 g/mol. The molecule has 7 nitrogen and oxygen atoms in total. The SMILES string of the molecule is CC1CN(c2nnc(-c3ccc(C#N)cc3)c3ccccc23)CCN1C(=O)Nc1ccc(F)cc1.Cl. The first-order valence-corrected chi connectivity index (χ1v) is 11.4. The summed E-state index contributed by atoms with van der Waals surface area (Å²) in [6.45, 7) is 3.72. The van der Waals surface area contributed by atoms with Gasteiger partial charge < -0.3 is 15.1 Å². The minimum absolute atomic E-state index is 0. The second-order valence-corrected chi connectivity index (χ2v) is 8.53. The van der Waals surface area contributed by atoms with E-state index < -0.39 is 0 Å². The zero-order chi connectivity index (χ0) is 24.4. The third kappa shape index (κ3) is 4.92. The number of carbonyl (C=O) groups is 1. The van der Waals surface area contributed by atoms with E-state index in [1.807, 2.05) is 43.3 Å². The molecule has 5 rings (SSSR count). The van der Waals surface area contributed by atoms with E-state index in [-0.39, 0.29) is 30.3 Å². The van der Waals surface area contributed by atoms with Crippen LogP contribution in [-0.2, 0) is 0 Å². The summed E-state index contributed by atoms with van der Waals surface area (Å²) in [7, 11) is 0. The van der Waals surface area contributed by atoms with Crippen LogP contribution < -0.4 is 10.2 Å². The van der Waals surface area contributed by atoms with E-state index in [1.54, 1.807) is 29.2 Å². The minimum Gasteiger partial charge on any atom is -0.351 e. The molecule has 182 valence electrons. The van der Waals surface area contributed by atoms with Crippen molar-refractivity contribution in [3.05, 3.63) is 84.2 Å². The van der Waals surface area contributed by atoms with Gasteiger partial charge in [0.1, 0.15) is 11.5 Å². The molecule has 1 unspecified atom stereocenters. The van der Waals surface area contributed by atoms with Crippen LogP contribution in [0, 0.1) is 17.1 Å². The molecular formula is C27H24ClFN6O. The monoisotopic (exact) mass is 502 g/mol. The molecule has 1 N–H and O–H groups in total. The van der Waals surface area contributed by atoms with Gasteiger partial charge in [0.05, 0.1) is 11.6 Å². The van der Waals surface area contributed by atoms with Crippen LogP contribution in [0.5, 0.6) is 0 Å². The highest BCUT2D eigenvalue weighted by Gasteiger charge is 2.29. The van der Waals surface area contributed by atoms with E-state index >= 15 is 0 Å². The maximum absolute atomic E-state index is 13.2. The van der Waals surface area contributed by atoms with Crippen molar-refractivity contribution in [2.45, 2.75) is 13.0 Å². The van der Waals surface area contributed by atoms with Gasteiger partial charge >= 0.3 is 6.03 Å². The van der Waals surface area contributed by atoms with Crippen LogP contribution in [0.15, 0.2) is 72.8 Å². The number of hydrogen-bond acceptors (Lipinski definition) is 5. The second kappa shape index (κ2) is 10.6. The topological polar surface area (TPSA) is 85.2 Å². The average molecular weight is 503 g/mol. The van der Waals surface area contributed by atoms with Crippen LogP contribution in [0.3, 0.4) is 0 Å². The van der Waals surface area contributed by atoms with Gasteiger partial charge in [-0.3, -0.25) is 0 Å². The van der Waals surface area contributed by atoms with Gasteiger partial charge in [0.15, 0.2) is 5.82 Å². The predicted octanol–water partition coefficient (Wildman–Crippen LogP) is 5.47. The zero-order valence-electron chi connectivity index (χ0n) is 19.6. The van der Waals surface area contributed by atoms with Crippen molar-refractivity contribution < 1.29 is 9.18 Å². The molecule has 0 radical (unpaired) electrons. The van der Waals surface area contributed by atoms with Crippen LogP contribution in [0.4, 0.5) is 20.7 Å². The van der Waals surface area contributed by atoms with E-state index in [9.17, 15) is 9.18 Å². The molecule has 1 aliphatic rings. The largest absolute Gasteiger partial charge is 0.351 e. The van der Waals surface area contributed by atoms with Crippen molar-refractivity contribution in [2.24, 2.45) is 0 Å². The molecule has 9 heteroatoms. The number of nitrogens with one attached hydrogen (secondary N) is 1. The molecule has 2 amide bonds. The lowest BCUT2D eigenvalue weighted by Gasteiger charge is -2.40. The molecule has 2 heterocycles. The quantitative estimate of drug-likeness (QED) is 0.401. The van der Waals surface area contributed by atoms with Gasteiger partial charge in [-0.2, -0.15) is 5.26 Å². The van der Waals surface area contributed by atoms with E-state index in [4.69, 9.17) is 5.26 Å². The van der Waals surface area contributed by atoms with Crippen molar-refractivity contribution in [2.75, 3.05) is 29.9 Å². The van der Waals surface area contributed by atoms with Crippen molar-refractivity contribution in [1.29, 1.82) is 5.26 Å². The van der Waals surface area contributed by atoms with Gasteiger partial charge in [-0.05, 0) is 43.3 Å². The van der Waals surface area contributed by atoms with Crippen LogP contribution in [0.2, 0.25) is 0 Å². The Balaban J connectivity index is 0.00000304. The predicted molar refractivity (Wildman–Crippen MR) is 141 cm³/mol. The zero-order valence-corrected chi connectivity index (χ0v) is 20.4. The van der Waals surface area contributed by atoms with E-state index in [2.05, 4.69) is 26.5 Å². The highest BCUT2D eigenvalue weighted by Crippen LogP contribution is 2.32. The molecule has 1 aliphatic heterocycles. The Bertz CT molecular complexity index is 1420. The number of anilines is 2. The number of rotatable bonds is 3. The molecule has 0 spiro atoms. The van der Waals surface area contributed by atoms with Gasteiger partial charge in [-0.15, -0.1) is 22.6 Å². The second-order valence-electron chi connectivity index (χ2n) is 8.53. The summed E-state index contributed by atoms with van der Waals surface area (Å²) in [6.07, 6.45) is 0. The fourth-order valence-corrected chi connectivity index (χ4v) is 4.42. The first-order chi connectivity index (χ1) is 17.0. The first-order valence-electron chi connectivity index (χ1n) is 11.4. The number of aromatic nitrogens is 2. The Morgan fingerprint density at radius 2 is 1.69 bits per heavy atom. The van der Waals surface area contributed by atoms with Crippen LogP contribution in [0.1, 0.15) is 12.5 Å². The number of amides is 2. The van der Waals surface area contributed by atoms with E-state index in [0.717, 1.165) is 27.8 Å². The van der Waals surface area contributed by atoms with Crippen molar-refractivity contribution in [3.8, 4) is 17.3 Å². The summed E-state index contributed by atoms with van der Waals surface area (Å²) >= 11 is 0. The molecule has 0 aliphatic carbocycles. The van der Waals surface area contributed by atoms with Crippen molar-refractivity contribution in [1.82, 2.24) is 15.1 Å². The summed E-state index contributed by atoms with van der Waals surface area (Å²) in [6, 6.07) is 22.9. The highest BCUT2D eigenvalue weighted by atomic mass is 35.5. The molecule has 3 aromatic carbocycles. The van der Waals surface area contributed by atoms with Crippen LogP contribution in [0.25, 0.3) is 22.0 Å². The lowest BCUT2D eigenvalue weighted by molar-refractivity contribution is 0.184. The van der Waals surface area contributed by atoms with E-state index in [0.29, 0.717) is 30.9 Å². The first kappa shape index (κ1) is 24.9. The van der Waals surface area contributed by atoms with Gasteiger partial charge in [0, 0.05) is 47.7 Å². The summed E-state index contributed by atoms with van der Waals surface area (Å²) in [5, 5.41) is 23.0. The average Bonchev–Trinajstić information content (AvgIpc) is 2.89. The number of urea groups is 1. The number of hydrogen-bond donors (Lipinski definition) is 1. The highest BCUT2D eigenvalue weighted by molar-refractivity contribution is 6.00. The molecule has 4 aromatic rings. The standard InChI is InChI=1S/C27H23FN6O.ClH/c1-18-17-33(14-15-34(18)27(35)30-22-12-10-21(28)11-13-22)26-24-5-3-2-4-23(24)25(31-32-26)20-8-6-19(16-29)7-9-20;/h2-13,18H,14-15,17H2,1H3,(H,30,35);1H. The van der Waals surface area contributed by atoms with Gasteiger partial charge in [-0.25, -0.2) is 9.18 Å². The number of fused-ring (bicyclic) bond motifs is 1. The van der Waals surface area contributed by atoms with Crippen molar-refractivity contribution in [3.63, 3.8) is 0 Å². The minimum atomic E-state index is -0.344. The maximum Gasteiger partial charge on any atom is 0.322 e. The van der Waals surface area contributed by atoms with Gasteiger partial charge in [0.2, 0.25) is 0 Å². The van der Waals surface area contributed by atoms with Crippen LogP contribution >= 0.6 is 12.4 Å². The number of nitrogens with zero attached hydrogens (tertiary/aromatic N) is 5. The summed E-state index contributed by atoms with van der Waals surface area (Å²) in [5.74, 6) is 0.437. The van der Waals surface area contributed by atoms with Gasteiger partial charge in [0.25, 0.3) is 0 Å². The molecule has 1 aromatic heterocycles. The number of benzene rings is 3. The Labute approximate surface area is 214 Å². The molecule has 1 atom stereocenters. The van der Waals surface area contributed by atoms with Crippen molar-refractivity contribution >= 4 is 40.7 Å². The normalized spacial score (nSPS) is 15.2. The lowest BCUT2D eigenvalue weighted by Crippen LogP contribution is -2.55. The van der Waals surface area contributed by atoms with Gasteiger partial charge in [-0.1, -0.05) is 36.4 Å². The smallest absolute Gasteiger partial charge is 0.322 e. The number of piperazine rings is 1. The summed E-state index contributed by atoms with van der Waals surface area (Å²) < 4.78 is 13.2.